The highest BCUT2D eigenvalue weighted by atomic mass is 16.5. The van der Waals surface area contributed by atoms with Gasteiger partial charge in [-0.25, -0.2) is 0 Å². The molecule has 1 fully saturated rings. The van der Waals surface area contributed by atoms with Crippen molar-refractivity contribution in [1.29, 1.82) is 0 Å². The van der Waals surface area contributed by atoms with E-state index in [4.69, 9.17) is 4.74 Å². The van der Waals surface area contributed by atoms with Crippen LogP contribution in [0.2, 0.25) is 0 Å². The molecule has 94 valence electrons. The predicted octanol–water partition coefficient (Wildman–Crippen LogP) is 2.61. The second-order valence-corrected chi connectivity index (χ2v) is 4.71. The topological polar surface area (TPSA) is 41.5 Å². The van der Waals surface area contributed by atoms with E-state index in [1.165, 1.54) is 0 Å². The van der Waals surface area contributed by atoms with E-state index >= 15 is 0 Å². The largest absolute Gasteiger partial charge is 0.508 e. The molecule has 0 bridgehead atoms. The van der Waals surface area contributed by atoms with Crippen LogP contribution in [0.1, 0.15) is 37.8 Å². The number of phenolic OH excluding ortho intramolecular Hbond substituents is 1. The van der Waals surface area contributed by atoms with E-state index in [0.29, 0.717) is 17.9 Å². The smallest absolute Gasteiger partial charge is 0.120 e. The molecule has 1 atom stereocenters. The minimum absolute atomic E-state index is 0.235. The Morgan fingerprint density at radius 2 is 2.12 bits per heavy atom. The Kier molecular flexibility index (Phi) is 4.02. The van der Waals surface area contributed by atoms with Crippen LogP contribution in [0.3, 0.4) is 0 Å². The summed E-state index contributed by atoms with van der Waals surface area (Å²) in [6, 6.07) is 8.32. The van der Waals surface area contributed by atoms with Gasteiger partial charge in [0.25, 0.3) is 0 Å². The SMILES string of the molecule is CCC(NC1CC(OC)C1)c1ccccc1O. The van der Waals surface area contributed by atoms with E-state index in [0.717, 1.165) is 24.8 Å². The van der Waals surface area contributed by atoms with E-state index in [1.807, 2.05) is 18.2 Å². The molecule has 0 amide bonds. The maximum Gasteiger partial charge on any atom is 0.120 e. The Hall–Kier alpha value is -1.06. The molecule has 0 aliphatic heterocycles. The summed E-state index contributed by atoms with van der Waals surface area (Å²) in [5, 5.41) is 13.4. The van der Waals surface area contributed by atoms with Crippen molar-refractivity contribution in [2.24, 2.45) is 0 Å². The summed E-state index contributed by atoms with van der Waals surface area (Å²) in [4.78, 5) is 0. The monoisotopic (exact) mass is 235 g/mol. The number of rotatable bonds is 5. The van der Waals surface area contributed by atoms with Gasteiger partial charge in [0.05, 0.1) is 6.10 Å². The highest BCUT2D eigenvalue weighted by Crippen LogP contribution is 2.30. The maximum absolute atomic E-state index is 9.85. The first-order valence-electron chi connectivity index (χ1n) is 6.31. The minimum Gasteiger partial charge on any atom is -0.508 e. The molecular weight excluding hydrogens is 214 g/mol. The lowest BCUT2D eigenvalue weighted by atomic mass is 9.87. The van der Waals surface area contributed by atoms with Crippen LogP contribution in [-0.2, 0) is 4.74 Å². The fourth-order valence-corrected chi connectivity index (χ4v) is 2.39. The number of ether oxygens (including phenoxy) is 1. The van der Waals surface area contributed by atoms with Gasteiger partial charge in [-0.1, -0.05) is 25.1 Å². The highest BCUT2D eigenvalue weighted by molar-refractivity contribution is 5.34. The summed E-state index contributed by atoms with van der Waals surface area (Å²) in [5.41, 5.74) is 0.996. The van der Waals surface area contributed by atoms with Gasteiger partial charge >= 0.3 is 0 Å². The van der Waals surface area contributed by atoms with Crippen molar-refractivity contribution in [3.8, 4) is 5.75 Å². The number of nitrogens with one attached hydrogen (secondary N) is 1. The minimum atomic E-state index is 0.235. The number of phenols is 1. The molecule has 1 aromatic rings. The summed E-state index contributed by atoms with van der Waals surface area (Å²) < 4.78 is 5.27. The van der Waals surface area contributed by atoms with Crippen molar-refractivity contribution in [3.63, 3.8) is 0 Å². The van der Waals surface area contributed by atoms with Crippen LogP contribution in [0.25, 0.3) is 0 Å². The van der Waals surface area contributed by atoms with Crippen LogP contribution in [0, 0.1) is 0 Å². The standard InChI is InChI=1S/C14H21NO2/c1-3-13(12-6-4-5-7-14(12)16)15-10-8-11(9-10)17-2/h4-7,10-11,13,15-16H,3,8-9H2,1-2H3. The molecule has 17 heavy (non-hydrogen) atoms. The first-order chi connectivity index (χ1) is 8.24. The van der Waals surface area contributed by atoms with Gasteiger partial charge in [0.2, 0.25) is 0 Å². The van der Waals surface area contributed by atoms with Crippen molar-refractivity contribution < 1.29 is 9.84 Å². The zero-order valence-electron chi connectivity index (χ0n) is 10.5. The van der Waals surface area contributed by atoms with Crippen molar-refractivity contribution in [2.75, 3.05) is 7.11 Å². The Morgan fingerprint density at radius 3 is 2.71 bits per heavy atom. The summed E-state index contributed by atoms with van der Waals surface area (Å²) >= 11 is 0. The van der Waals surface area contributed by atoms with Gasteiger partial charge in [-0.3, -0.25) is 0 Å². The average Bonchev–Trinajstić information content (AvgIpc) is 2.29. The van der Waals surface area contributed by atoms with Gasteiger partial charge < -0.3 is 15.2 Å². The van der Waals surface area contributed by atoms with Crippen LogP contribution >= 0.6 is 0 Å². The van der Waals surface area contributed by atoms with E-state index < -0.39 is 0 Å². The third kappa shape index (κ3) is 2.79. The maximum atomic E-state index is 9.85. The molecule has 0 heterocycles. The molecule has 3 nitrogen and oxygen atoms in total. The highest BCUT2D eigenvalue weighted by Gasteiger charge is 2.30. The molecule has 1 aliphatic carbocycles. The number of aromatic hydroxyl groups is 1. The summed E-state index contributed by atoms with van der Waals surface area (Å²) in [6.07, 6.45) is 3.53. The van der Waals surface area contributed by atoms with Crippen molar-refractivity contribution in [1.82, 2.24) is 5.32 Å². The summed E-state index contributed by atoms with van der Waals surface area (Å²) in [7, 11) is 1.77. The molecule has 0 aromatic heterocycles. The first kappa shape index (κ1) is 12.4. The lowest BCUT2D eigenvalue weighted by Crippen LogP contribution is -2.46. The molecule has 2 rings (SSSR count). The van der Waals surface area contributed by atoms with Crippen LogP contribution in [0.15, 0.2) is 24.3 Å². The third-order valence-electron chi connectivity index (χ3n) is 3.59. The van der Waals surface area contributed by atoms with Gasteiger partial charge in [0.1, 0.15) is 5.75 Å². The molecule has 0 radical (unpaired) electrons. The van der Waals surface area contributed by atoms with E-state index in [-0.39, 0.29) is 6.04 Å². The fraction of sp³-hybridized carbons (Fsp3) is 0.571. The number of hydrogen-bond donors (Lipinski definition) is 2. The Labute approximate surface area is 103 Å². The van der Waals surface area contributed by atoms with Crippen LogP contribution in [-0.4, -0.2) is 24.4 Å². The lowest BCUT2D eigenvalue weighted by Gasteiger charge is -2.37. The van der Waals surface area contributed by atoms with Crippen molar-refractivity contribution in [3.05, 3.63) is 29.8 Å². The van der Waals surface area contributed by atoms with E-state index in [1.54, 1.807) is 13.2 Å². The lowest BCUT2D eigenvalue weighted by molar-refractivity contribution is 0.0139. The Balaban J connectivity index is 1.96. The third-order valence-corrected chi connectivity index (χ3v) is 3.59. The van der Waals surface area contributed by atoms with E-state index in [2.05, 4.69) is 12.2 Å². The summed E-state index contributed by atoms with van der Waals surface area (Å²) in [5.74, 6) is 0.384. The van der Waals surface area contributed by atoms with Crippen LogP contribution in [0.4, 0.5) is 0 Å². The molecule has 1 saturated carbocycles. The molecule has 0 saturated heterocycles. The molecule has 2 N–H and O–H groups in total. The van der Waals surface area contributed by atoms with E-state index in [9.17, 15) is 5.11 Å². The molecule has 1 unspecified atom stereocenters. The number of methoxy groups -OCH3 is 1. The van der Waals surface area contributed by atoms with Gasteiger partial charge in [-0.2, -0.15) is 0 Å². The molecule has 1 aliphatic rings. The van der Waals surface area contributed by atoms with Gasteiger partial charge in [0.15, 0.2) is 0 Å². The van der Waals surface area contributed by atoms with Gasteiger partial charge in [-0.15, -0.1) is 0 Å². The first-order valence-corrected chi connectivity index (χ1v) is 6.31. The summed E-state index contributed by atoms with van der Waals surface area (Å²) in [6.45, 7) is 2.14. The zero-order chi connectivity index (χ0) is 12.3. The van der Waals surface area contributed by atoms with Crippen molar-refractivity contribution >= 4 is 0 Å². The quantitative estimate of drug-likeness (QED) is 0.824. The number of benzene rings is 1. The average molecular weight is 235 g/mol. The molecule has 1 aromatic carbocycles. The molecule has 0 spiro atoms. The Morgan fingerprint density at radius 1 is 1.41 bits per heavy atom. The zero-order valence-corrected chi connectivity index (χ0v) is 10.5. The second-order valence-electron chi connectivity index (χ2n) is 4.71. The fourth-order valence-electron chi connectivity index (χ4n) is 2.39. The van der Waals surface area contributed by atoms with Crippen molar-refractivity contribution in [2.45, 2.75) is 44.4 Å². The second kappa shape index (κ2) is 5.52. The van der Waals surface area contributed by atoms with Crippen LogP contribution in [0.5, 0.6) is 5.75 Å². The number of para-hydroxylation sites is 1. The predicted molar refractivity (Wildman–Crippen MR) is 68.1 cm³/mol. The number of hydrogen-bond acceptors (Lipinski definition) is 3. The van der Waals surface area contributed by atoms with Gasteiger partial charge in [-0.05, 0) is 25.3 Å². The van der Waals surface area contributed by atoms with Gasteiger partial charge in [0, 0.05) is 24.8 Å². The van der Waals surface area contributed by atoms with Crippen LogP contribution < -0.4 is 5.32 Å². The molecule has 3 heteroatoms. The molecular formula is C14H21NO2. The normalized spacial score (nSPS) is 25.3. The Bertz CT molecular complexity index is 361.